The minimum atomic E-state index is -0.397. The van der Waals surface area contributed by atoms with Gasteiger partial charge in [-0.25, -0.2) is 14.7 Å². The second-order valence-electron chi connectivity index (χ2n) is 6.56. The molecule has 0 radical (unpaired) electrons. The molecule has 0 saturated carbocycles. The number of rotatable bonds is 7. The predicted molar refractivity (Wildman–Crippen MR) is 119 cm³/mol. The lowest BCUT2D eigenvalue weighted by molar-refractivity contribution is -0.384. The summed E-state index contributed by atoms with van der Waals surface area (Å²) < 4.78 is 7.02. The number of fused-ring (bicyclic) bond motifs is 1. The molecule has 0 amide bonds. The second kappa shape index (κ2) is 11.0. The number of benzene rings is 1. The summed E-state index contributed by atoms with van der Waals surface area (Å²) in [6.45, 7) is 4.19. The first-order valence-corrected chi connectivity index (χ1v) is 9.28. The number of halogens is 1. The molecule has 10 nitrogen and oxygen atoms in total. The fourth-order valence-corrected chi connectivity index (χ4v) is 3.12. The summed E-state index contributed by atoms with van der Waals surface area (Å²) in [5.41, 5.74) is 0.862. The van der Waals surface area contributed by atoms with Crippen LogP contribution in [0.2, 0.25) is 0 Å². The monoisotopic (exact) mass is 515 g/mol. The molecule has 1 aliphatic rings. The molecule has 1 aromatic heterocycles. The van der Waals surface area contributed by atoms with Crippen molar-refractivity contribution in [1.82, 2.24) is 25.4 Å². The van der Waals surface area contributed by atoms with Crippen LogP contribution in [0.15, 0.2) is 29.3 Å². The fourth-order valence-electron chi connectivity index (χ4n) is 3.12. The maximum absolute atomic E-state index is 10.9. The van der Waals surface area contributed by atoms with Crippen molar-refractivity contribution in [2.45, 2.75) is 45.5 Å². The molecule has 0 saturated heterocycles. The third-order valence-electron chi connectivity index (χ3n) is 4.40. The van der Waals surface area contributed by atoms with Crippen LogP contribution in [0.5, 0.6) is 0 Å². The highest BCUT2D eigenvalue weighted by Gasteiger charge is 2.22. The van der Waals surface area contributed by atoms with Gasteiger partial charge in [-0.3, -0.25) is 10.1 Å². The minimum absolute atomic E-state index is 0. The van der Waals surface area contributed by atoms with Crippen molar-refractivity contribution in [1.29, 1.82) is 0 Å². The van der Waals surface area contributed by atoms with Crippen molar-refractivity contribution < 1.29 is 9.66 Å². The van der Waals surface area contributed by atoms with Gasteiger partial charge in [0.1, 0.15) is 12.4 Å². The molecule has 2 heterocycles. The molecule has 29 heavy (non-hydrogen) atoms. The zero-order valence-electron chi connectivity index (χ0n) is 16.5. The smallest absolute Gasteiger partial charge is 0.269 e. The van der Waals surface area contributed by atoms with E-state index >= 15 is 0 Å². The van der Waals surface area contributed by atoms with Gasteiger partial charge < -0.3 is 15.4 Å². The lowest BCUT2D eigenvalue weighted by Crippen LogP contribution is -2.47. The van der Waals surface area contributed by atoms with Gasteiger partial charge in [-0.05, 0) is 18.9 Å². The van der Waals surface area contributed by atoms with Crippen LogP contribution in [-0.2, 0) is 30.9 Å². The summed E-state index contributed by atoms with van der Waals surface area (Å²) in [6, 6.07) is 6.71. The highest BCUT2D eigenvalue weighted by atomic mass is 127. The van der Waals surface area contributed by atoms with Crippen LogP contribution in [0.3, 0.4) is 0 Å². The average molecular weight is 515 g/mol. The number of nitrogens with zero attached hydrogens (tertiary/aromatic N) is 5. The molecule has 3 rings (SSSR count). The molecule has 158 valence electrons. The number of hydrogen-bond donors (Lipinski definition) is 2. The van der Waals surface area contributed by atoms with Gasteiger partial charge in [0.15, 0.2) is 11.8 Å². The Morgan fingerprint density at radius 2 is 2.31 bits per heavy atom. The van der Waals surface area contributed by atoms with E-state index in [-0.39, 0.29) is 35.7 Å². The maximum Gasteiger partial charge on any atom is 0.269 e. The molecule has 1 aromatic carbocycles. The van der Waals surface area contributed by atoms with E-state index in [0.29, 0.717) is 31.5 Å². The summed E-state index contributed by atoms with van der Waals surface area (Å²) >= 11 is 0. The molecule has 1 unspecified atom stereocenters. The van der Waals surface area contributed by atoms with Crippen molar-refractivity contribution >= 4 is 35.6 Å². The van der Waals surface area contributed by atoms with Crippen molar-refractivity contribution in [2.75, 3.05) is 13.7 Å². The van der Waals surface area contributed by atoms with Gasteiger partial charge in [0, 0.05) is 38.2 Å². The van der Waals surface area contributed by atoms with Crippen molar-refractivity contribution in [3.63, 3.8) is 0 Å². The molecule has 1 aliphatic heterocycles. The third kappa shape index (κ3) is 6.35. The van der Waals surface area contributed by atoms with E-state index in [2.05, 4.69) is 25.7 Å². The zero-order chi connectivity index (χ0) is 19.9. The average Bonchev–Trinajstić information content (AvgIpc) is 3.08. The minimum Gasteiger partial charge on any atom is -0.377 e. The number of nitrogens with one attached hydrogen (secondary N) is 2. The number of nitro groups is 1. The normalized spacial score (nSPS) is 15.9. The molecule has 0 bridgehead atoms. The Kier molecular flexibility index (Phi) is 8.76. The van der Waals surface area contributed by atoms with Crippen LogP contribution in [0.1, 0.15) is 30.6 Å². The van der Waals surface area contributed by atoms with Gasteiger partial charge in [0.05, 0.1) is 18.0 Å². The Morgan fingerprint density at radius 3 is 3.03 bits per heavy atom. The molecule has 11 heteroatoms. The first-order chi connectivity index (χ1) is 13.6. The summed E-state index contributed by atoms with van der Waals surface area (Å²) in [5, 5.41) is 22.1. The Balaban J connectivity index is 0.00000300. The Hall–Kier alpha value is -2.28. The van der Waals surface area contributed by atoms with E-state index in [0.717, 1.165) is 30.8 Å². The molecular formula is C18H26IN7O3. The Morgan fingerprint density at radius 1 is 1.48 bits per heavy atom. The third-order valence-corrected chi connectivity index (χ3v) is 4.40. The van der Waals surface area contributed by atoms with Crippen LogP contribution in [0.25, 0.3) is 0 Å². The highest BCUT2D eigenvalue weighted by Crippen LogP contribution is 2.15. The molecule has 2 N–H and O–H groups in total. The summed E-state index contributed by atoms with van der Waals surface area (Å²) in [5.74, 6) is 2.35. The van der Waals surface area contributed by atoms with Gasteiger partial charge in [-0.2, -0.15) is 5.10 Å². The number of hydrogen-bond acceptors (Lipinski definition) is 6. The largest absolute Gasteiger partial charge is 0.377 e. The van der Waals surface area contributed by atoms with Gasteiger partial charge in [-0.15, -0.1) is 24.0 Å². The van der Waals surface area contributed by atoms with Crippen LogP contribution >= 0.6 is 24.0 Å². The van der Waals surface area contributed by atoms with E-state index < -0.39 is 4.92 Å². The number of non-ortho nitro benzene ring substituents is 1. The van der Waals surface area contributed by atoms with Crippen molar-refractivity contribution in [3.8, 4) is 0 Å². The lowest BCUT2D eigenvalue weighted by atomic mass is 10.1. The van der Waals surface area contributed by atoms with E-state index in [1.54, 1.807) is 19.2 Å². The van der Waals surface area contributed by atoms with Gasteiger partial charge in [0.25, 0.3) is 5.69 Å². The summed E-state index contributed by atoms with van der Waals surface area (Å²) in [7, 11) is 1.63. The predicted octanol–water partition coefficient (Wildman–Crippen LogP) is 2.02. The number of aryl methyl sites for hydroxylation is 1. The second-order valence-corrected chi connectivity index (χ2v) is 6.56. The number of ether oxygens (including phenoxy) is 1. The van der Waals surface area contributed by atoms with E-state index in [1.165, 1.54) is 6.07 Å². The number of aromatic nitrogens is 3. The highest BCUT2D eigenvalue weighted by molar-refractivity contribution is 14.0. The summed E-state index contributed by atoms with van der Waals surface area (Å²) in [6.07, 6.45) is 1.75. The SMILES string of the molecule is CCNC(=NCc1cccc([N+](=O)[O-])c1)NC1CCc2nc(COC)nn2C1.I. The van der Waals surface area contributed by atoms with Gasteiger partial charge >= 0.3 is 0 Å². The topological polar surface area (TPSA) is 120 Å². The van der Waals surface area contributed by atoms with E-state index in [1.807, 2.05) is 17.7 Å². The first kappa shape index (κ1) is 23.0. The van der Waals surface area contributed by atoms with Crippen LogP contribution in [0.4, 0.5) is 5.69 Å². The number of methoxy groups -OCH3 is 1. The molecular weight excluding hydrogens is 489 g/mol. The zero-order valence-corrected chi connectivity index (χ0v) is 18.8. The number of guanidine groups is 1. The molecule has 0 aliphatic carbocycles. The molecule has 2 aromatic rings. The van der Waals surface area contributed by atoms with Crippen LogP contribution in [0, 0.1) is 10.1 Å². The molecule has 0 fully saturated rings. The quantitative estimate of drug-likeness (QED) is 0.190. The van der Waals surface area contributed by atoms with Crippen LogP contribution in [-0.4, -0.2) is 45.3 Å². The summed E-state index contributed by atoms with van der Waals surface area (Å²) in [4.78, 5) is 19.6. The number of nitro benzene ring substituents is 1. The molecule has 0 spiro atoms. The lowest BCUT2D eigenvalue weighted by Gasteiger charge is -2.25. The van der Waals surface area contributed by atoms with E-state index in [9.17, 15) is 10.1 Å². The first-order valence-electron chi connectivity index (χ1n) is 9.28. The van der Waals surface area contributed by atoms with Crippen molar-refractivity contribution in [3.05, 3.63) is 51.6 Å². The van der Waals surface area contributed by atoms with Crippen molar-refractivity contribution in [2.24, 2.45) is 4.99 Å². The molecule has 1 atom stereocenters. The van der Waals surface area contributed by atoms with Gasteiger partial charge in [0.2, 0.25) is 0 Å². The fraction of sp³-hybridized carbons (Fsp3) is 0.500. The Bertz CT molecular complexity index is 856. The van der Waals surface area contributed by atoms with E-state index in [4.69, 9.17) is 4.74 Å². The van der Waals surface area contributed by atoms with Gasteiger partial charge in [-0.1, -0.05) is 12.1 Å². The standard InChI is InChI=1S/C18H25N7O3.HI/c1-3-19-18(20-10-13-5-4-6-15(9-13)25(26)27)21-14-7-8-17-22-16(12-28-2)23-24(17)11-14;/h4-6,9,14H,3,7-8,10-12H2,1-2H3,(H2,19,20,21);1H. The number of aliphatic imine (C=N–C) groups is 1. The Labute approximate surface area is 186 Å². The maximum atomic E-state index is 10.9. The van der Waals surface area contributed by atoms with Crippen LogP contribution < -0.4 is 10.6 Å².